The Bertz CT molecular complexity index is 77.3. The maximum absolute atomic E-state index is 2.36. The molecular formula is C8H17BN. The Morgan fingerprint density at radius 2 is 1.50 bits per heavy atom. The Kier molecular flexibility index (Phi) is 4.79. The molecule has 0 heterocycles. The fourth-order valence-electron chi connectivity index (χ4n) is 1.60. The van der Waals surface area contributed by atoms with E-state index in [4.69, 9.17) is 0 Å². The Labute approximate surface area is 66.4 Å². The van der Waals surface area contributed by atoms with Crippen LogP contribution in [0.25, 0.3) is 0 Å². The van der Waals surface area contributed by atoms with Gasteiger partial charge >= 0.3 is 0 Å². The van der Waals surface area contributed by atoms with Gasteiger partial charge in [0, 0.05) is 14.5 Å². The maximum Gasteiger partial charge on any atom is 0.00891 e. The first-order valence-corrected chi connectivity index (χ1v) is 3.97. The summed E-state index contributed by atoms with van der Waals surface area (Å²) in [6.07, 6.45) is 7.20. The number of rotatable bonds is 1. The number of hydrogen-bond donors (Lipinski definition) is 0. The van der Waals surface area contributed by atoms with Crippen LogP contribution in [-0.4, -0.2) is 33.5 Å². The number of hydrogen-bond acceptors (Lipinski definition) is 1. The van der Waals surface area contributed by atoms with Crippen molar-refractivity contribution in [3.05, 3.63) is 0 Å². The zero-order valence-electron chi connectivity index (χ0n) is 7.14. The van der Waals surface area contributed by atoms with Crippen LogP contribution in [0, 0.1) is 0 Å². The van der Waals surface area contributed by atoms with Crippen LogP contribution in [0.4, 0.5) is 0 Å². The fraction of sp³-hybridized carbons (Fsp3) is 1.00. The zero-order valence-corrected chi connectivity index (χ0v) is 7.14. The average Bonchev–Trinajstić information content (AvgIpc) is 1.90. The van der Waals surface area contributed by atoms with Crippen LogP contribution in [0.5, 0.6) is 0 Å². The molecule has 1 aliphatic rings. The molecule has 2 heteroatoms. The summed E-state index contributed by atoms with van der Waals surface area (Å²) in [5.74, 6) is 0. The molecule has 1 rings (SSSR count). The first-order valence-electron chi connectivity index (χ1n) is 3.97. The predicted molar refractivity (Wildman–Crippen MR) is 46.3 cm³/mol. The van der Waals surface area contributed by atoms with Gasteiger partial charge in [0.25, 0.3) is 0 Å². The Hall–Kier alpha value is 0.0249. The van der Waals surface area contributed by atoms with E-state index in [1.807, 2.05) is 0 Å². The molecule has 0 aromatic heterocycles. The molecule has 0 aliphatic heterocycles. The van der Waals surface area contributed by atoms with E-state index in [1.165, 1.54) is 32.1 Å². The van der Waals surface area contributed by atoms with E-state index < -0.39 is 0 Å². The maximum atomic E-state index is 2.36. The van der Waals surface area contributed by atoms with Gasteiger partial charge in [-0.2, -0.15) is 0 Å². The minimum atomic E-state index is 0. The van der Waals surface area contributed by atoms with E-state index in [0.29, 0.717) is 0 Å². The van der Waals surface area contributed by atoms with Crippen LogP contribution in [-0.2, 0) is 0 Å². The molecule has 0 N–H and O–H groups in total. The smallest absolute Gasteiger partial charge is 0.00891 e. The predicted octanol–water partition coefficient (Wildman–Crippen LogP) is 1.50. The van der Waals surface area contributed by atoms with Crippen molar-refractivity contribution in [3.63, 3.8) is 0 Å². The van der Waals surface area contributed by atoms with Gasteiger partial charge in [-0.1, -0.05) is 19.3 Å². The minimum absolute atomic E-state index is 0. The van der Waals surface area contributed by atoms with Gasteiger partial charge in [-0.05, 0) is 26.9 Å². The summed E-state index contributed by atoms with van der Waals surface area (Å²) in [6.45, 7) is 0. The lowest BCUT2D eigenvalue weighted by atomic mass is 9.95. The van der Waals surface area contributed by atoms with Gasteiger partial charge in [-0.15, -0.1) is 0 Å². The van der Waals surface area contributed by atoms with Crippen molar-refractivity contribution in [1.82, 2.24) is 4.90 Å². The summed E-state index contributed by atoms with van der Waals surface area (Å²) >= 11 is 0. The third kappa shape index (κ3) is 2.74. The van der Waals surface area contributed by atoms with Gasteiger partial charge in [0.2, 0.25) is 0 Å². The Morgan fingerprint density at radius 3 is 1.80 bits per heavy atom. The summed E-state index contributed by atoms with van der Waals surface area (Å²) in [5.41, 5.74) is 0. The monoisotopic (exact) mass is 138 g/mol. The number of nitrogens with zero attached hydrogens (tertiary/aromatic N) is 1. The summed E-state index contributed by atoms with van der Waals surface area (Å²) in [4.78, 5) is 2.36. The molecule has 0 saturated heterocycles. The molecule has 1 saturated carbocycles. The van der Waals surface area contributed by atoms with Crippen molar-refractivity contribution in [1.29, 1.82) is 0 Å². The molecule has 0 amide bonds. The van der Waals surface area contributed by atoms with Crippen molar-refractivity contribution in [3.8, 4) is 0 Å². The van der Waals surface area contributed by atoms with Gasteiger partial charge < -0.3 is 4.90 Å². The highest BCUT2D eigenvalue weighted by Gasteiger charge is 2.13. The molecule has 0 aromatic rings. The SMILES string of the molecule is CN(C)C1CCCCC1.[B]. The van der Waals surface area contributed by atoms with Crippen LogP contribution < -0.4 is 0 Å². The van der Waals surface area contributed by atoms with Gasteiger partial charge in [0.05, 0.1) is 0 Å². The second-order valence-electron chi connectivity index (χ2n) is 3.26. The molecule has 0 atom stereocenters. The minimum Gasteiger partial charge on any atom is -0.306 e. The van der Waals surface area contributed by atoms with Crippen LogP contribution in [0.15, 0.2) is 0 Å². The summed E-state index contributed by atoms with van der Waals surface area (Å²) in [7, 11) is 4.38. The van der Waals surface area contributed by atoms with Crippen molar-refractivity contribution in [2.45, 2.75) is 38.1 Å². The highest BCUT2D eigenvalue weighted by atomic mass is 15.1. The van der Waals surface area contributed by atoms with Crippen LogP contribution >= 0.6 is 0 Å². The first-order chi connectivity index (χ1) is 4.30. The molecule has 1 aliphatic carbocycles. The molecule has 10 heavy (non-hydrogen) atoms. The van der Waals surface area contributed by atoms with Gasteiger partial charge in [-0.25, -0.2) is 0 Å². The van der Waals surface area contributed by atoms with E-state index in [2.05, 4.69) is 19.0 Å². The molecule has 0 unspecified atom stereocenters. The quantitative estimate of drug-likeness (QED) is 0.496. The first kappa shape index (κ1) is 10.0. The van der Waals surface area contributed by atoms with E-state index in [-0.39, 0.29) is 8.41 Å². The van der Waals surface area contributed by atoms with Crippen LogP contribution in [0.2, 0.25) is 0 Å². The molecule has 0 aromatic carbocycles. The fourth-order valence-corrected chi connectivity index (χ4v) is 1.60. The summed E-state index contributed by atoms with van der Waals surface area (Å²) < 4.78 is 0. The van der Waals surface area contributed by atoms with E-state index >= 15 is 0 Å². The lowest BCUT2D eigenvalue weighted by Gasteiger charge is -2.27. The molecular weight excluding hydrogens is 121 g/mol. The largest absolute Gasteiger partial charge is 0.306 e. The Balaban J connectivity index is 0.000000810. The molecule has 0 spiro atoms. The van der Waals surface area contributed by atoms with Crippen molar-refractivity contribution in [2.24, 2.45) is 0 Å². The topological polar surface area (TPSA) is 3.24 Å². The Morgan fingerprint density at radius 1 is 1.00 bits per heavy atom. The molecule has 1 nitrogen and oxygen atoms in total. The third-order valence-corrected chi connectivity index (χ3v) is 2.30. The van der Waals surface area contributed by atoms with Crippen molar-refractivity contribution in [2.75, 3.05) is 14.1 Å². The highest BCUT2D eigenvalue weighted by molar-refractivity contribution is 5.75. The summed E-state index contributed by atoms with van der Waals surface area (Å²) in [6, 6.07) is 0.888. The highest BCUT2D eigenvalue weighted by Crippen LogP contribution is 2.20. The lowest BCUT2D eigenvalue weighted by molar-refractivity contribution is 0.229. The van der Waals surface area contributed by atoms with Crippen LogP contribution in [0.1, 0.15) is 32.1 Å². The van der Waals surface area contributed by atoms with E-state index in [9.17, 15) is 0 Å². The van der Waals surface area contributed by atoms with E-state index in [1.54, 1.807) is 0 Å². The normalized spacial score (nSPS) is 20.7. The third-order valence-electron chi connectivity index (χ3n) is 2.30. The zero-order chi connectivity index (χ0) is 6.69. The standard InChI is InChI=1S/C8H17N.B/c1-9(2)8-6-4-3-5-7-8;/h8H,3-7H2,1-2H3;. The van der Waals surface area contributed by atoms with Crippen molar-refractivity contribution < 1.29 is 0 Å². The molecule has 0 bridgehead atoms. The molecule has 3 radical (unpaired) electrons. The van der Waals surface area contributed by atoms with Gasteiger partial charge in [0.1, 0.15) is 0 Å². The van der Waals surface area contributed by atoms with E-state index in [0.717, 1.165) is 6.04 Å². The summed E-state index contributed by atoms with van der Waals surface area (Å²) in [5, 5.41) is 0. The lowest BCUT2D eigenvalue weighted by Crippen LogP contribution is -2.29. The van der Waals surface area contributed by atoms with Gasteiger partial charge in [0.15, 0.2) is 0 Å². The second kappa shape index (κ2) is 4.78. The molecule has 57 valence electrons. The second-order valence-corrected chi connectivity index (χ2v) is 3.26. The van der Waals surface area contributed by atoms with Crippen molar-refractivity contribution >= 4 is 8.41 Å². The van der Waals surface area contributed by atoms with Gasteiger partial charge in [-0.3, -0.25) is 0 Å². The van der Waals surface area contributed by atoms with Crippen LogP contribution in [0.3, 0.4) is 0 Å². The average molecular weight is 138 g/mol. The molecule has 1 fully saturated rings.